The molecule has 0 aromatic carbocycles. The van der Waals surface area contributed by atoms with Crippen molar-refractivity contribution in [2.24, 2.45) is 0 Å². The third kappa shape index (κ3) is 0.971. The molecule has 1 aliphatic rings. The molecule has 0 unspecified atom stereocenters. The lowest BCUT2D eigenvalue weighted by molar-refractivity contribution is 0.641. The van der Waals surface area contributed by atoms with Gasteiger partial charge in [0.2, 0.25) is 0 Å². The van der Waals surface area contributed by atoms with Crippen LogP contribution in [0.5, 0.6) is 0 Å². The minimum Gasteiger partial charge on any atom is -0.356 e. The Kier molecular flexibility index (Phi) is 1.40. The van der Waals surface area contributed by atoms with Gasteiger partial charge in [0.15, 0.2) is 0 Å². The van der Waals surface area contributed by atoms with E-state index in [4.69, 9.17) is 0 Å². The normalized spacial score (nSPS) is 16.0. The SMILES string of the molecule is [c]1nccc2c3c([nH]c12)CCNC3. The Morgan fingerprint density at radius 1 is 1.46 bits per heavy atom. The summed E-state index contributed by atoms with van der Waals surface area (Å²) in [5, 5.41) is 4.63. The van der Waals surface area contributed by atoms with Crippen LogP contribution in [0.25, 0.3) is 10.9 Å². The van der Waals surface area contributed by atoms with Gasteiger partial charge in [-0.1, -0.05) is 0 Å². The Balaban J connectivity index is 2.34. The lowest BCUT2D eigenvalue weighted by atomic mass is 10.1. The highest BCUT2D eigenvalue weighted by Gasteiger charge is 2.14. The van der Waals surface area contributed by atoms with Crippen LogP contribution in [0.4, 0.5) is 0 Å². The number of aromatic amines is 1. The van der Waals surface area contributed by atoms with E-state index in [0.29, 0.717) is 0 Å². The molecule has 3 heterocycles. The van der Waals surface area contributed by atoms with E-state index in [0.717, 1.165) is 25.0 Å². The molecule has 2 aromatic heterocycles. The van der Waals surface area contributed by atoms with Crippen molar-refractivity contribution in [2.45, 2.75) is 13.0 Å². The van der Waals surface area contributed by atoms with Crippen LogP contribution in [0.15, 0.2) is 12.3 Å². The molecule has 0 atom stereocenters. The fraction of sp³-hybridized carbons (Fsp3) is 0.300. The quantitative estimate of drug-likeness (QED) is 0.622. The molecule has 0 spiro atoms. The van der Waals surface area contributed by atoms with Gasteiger partial charge >= 0.3 is 0 Å². The van der Waals surface area contributed by atoms with Crippen LogP contribution in [-0.4, -0.2) is 16.5 Å². The molecule has 0 aliphatic carbocycles. The number of pyridine rings is 1. The van der Waals surface area contributed by atoms with E-state index in [1.54, 1.807) is 6.20 Å². The number of hydrogen-bond acceptors (Lipinski definition) is 2. The van der Waals surface area contributed by atoms with Crippen molar-refractivity contribution >= 4 is 10.9 Å². The summed E-state index contributed by atoms with van der Waals surface area (Å²) in [6, 6.07) is 2.05. The number of rotatable bonds is 0. The third-order valence-electron chi connectivity index (χ3n) is 2.58. The summed E-state index contributed by atoms with van der Waals surface area (Å²) in [6.07, 6.45) is 5.85. The van der Waals surface area contributed by atoms with Crippen LogP contribution in [0.2, 0.25) is 0 Å². The summed E-state index contributed by atoms with van der Waals surface area (Å²) in [4.78, 5) is 7.34. The highest BCUT2D eigenvalue weighted by atomic mass is 14.9. The molecule has 65 valence electrons. The van der Waals surface area contributed by atoms with E-state index in [1.807, 2.05) is 6.07 Å². The molecular weight excluding hydrogens is 162 g/mol. The molecule has 3 nitrogen and oxygen atoms in total. The van der Waals surface area contributed by atoms with Gasteiger partial charge in [-0.2, -0.15) is 0 Å². The first-order chi connectivity index (χ1) is 6.45. The lowest BCUT2D eigenvalue weighted by Gasteiger charge is -2.12. The smallest absolute Gasteiger partial charge is 0.115 e. The second-order valence-electron chi connectivity index (χ2n) is 3.35. The number of nitrogens with one attached hydrogen (secondary N) is 2. The van der Waals surface area contributed by atoms with Crippen molar-refractivity contribution in [1.29, 1.82) is 0 Å². The van der Waals surface area contributed by atoms with Crippen molar-refractivity contribution in [3.05, 3.63) is 29.7 Å². The van der Waals surface area contributed by atoms with E-state index in [-0.39, 0.29) is 0 Å². The van der Waals surface area contributed by atoms with Crippen LogP contribution < -0.4 is 5.32 Å². The van der Waals surface area contributed by atoms with Crippen molar-refractivity contribution in [3.63, 3.8) is 0 Å². The maximum absolute atomic E-state index is 3.98. The maximum Gasteiger partial charge on any atom is 0.115 e. The van der Waals surface area contributed by atoms with E-state index >= 15 is 0 Å². The molecule has 3 heteroatoms. The van der Waals surface area contributed by atoms with Crippen LogP contribution in [0, 0.1) is 6.20 Å². The fourth-order valence-electron chi connectivity index (χ4n) is 1.93. The van der Waals surface area contributed by atoms with Gasteiger partial charge in [-0.15, -0.1) is 0 Å². The molecule has 2 aromatic rings. The molecule has 0 fully saturated rings. The predicted molar refractivity (Wildman–Crippen MR) is 50.3 cm³/mol. The zero-order valence-corrected chi connectivity index (χ0v) is 7.22. The minimum absolute atomic E-state index is 0.965. The van der Waals surface area contributed by atoms with Crippen molar-refractivity contribution < 1.29 is 0 Å². The number of nitrogens with zero attached hydrogens (tertiary/aromatic N) is 1. The largest absolute Gasteiger partial charge is 0.356 e. The average Bonchev–Trinajstić information content (AvgIpc) is 2.56. The minimum atomic E-state index is 0.965. The summed E-state index contributed by atoms with van der Waals surface area (Å²) in [5.74, 6) is 0. The lowest BCUT2D eigenvalue weighted by Crippen LogP contribution is -2.22. The van der Waals surface area contributed by atoms with Gasteiger partial charge in [-0.05, 0) is 11.6 Å². The van der Waals surface area contributed by atoms with Gasteiger partial charge in [-0.3, -0.25) is 4.98 Å². The van der Waals surface area contributed by atoms with Crippen LogP contribution in [-0.2, 0) is 13.0 Å². The van der Waals surface area contributed by atoms with Crippen LogP contribution in [0.3, 0.4) is 0 Å². The van der Waals surface area contributed by atoms with Crippen molar-refractivity contribution in [2.75, 3.05) is 6.54 Å². The van der Waals surface area contributed by atoms with Crippen LogP contribution >= 0.6 is 0 Å². The van der Waals surface area contributed by atoms with Gasteiger partial charge in [0.05, 0.1) is 5.52 Å². The molecular formula is C10H10N3. The van der Waals surface area contributed by atoms with Gasteiger partial charge < -0.3 is 10.3 Å². The Hall–Kier alpha value is -1.35. The Labute approximate surface area is 76.2 Å². The highest BCUT2D eigenvalue weighted by Crippen LogP contribution is 2.23. The predicted octanol–water partition coefficient (Wildman–Crippen LogP) is 1.01. The topological polar surface area (TPSA) is 40.7 Å². The molecule has 3 rings (SSSR count). The monoisotopic (exact) mass is 172 g/mol. The first-order valence-electron chi connectivity index (χ1n) is 4.52. The second-order valence-corrected chi connectivity index (χ2v) is 3.35. The second kappa shape index (κ2) is 2.57. The molecule has 0 bridgehead atoms. The molecule has 0 saturated carbocycles. The van der Waals surface area contributed by atoms with Crippen molar-refractivity contribution in [1.82, 2.24) is 15.3 Å². The first kappa shape index (κ1) is 7.09. The van der Waals surface area contributed by atoms with Gasteiger partial charge in [-0.25, -0.2) is 0 Å². The summed E-state index contributed by atoms with van der Waals surface area (Å²) >= 11 is 0. The Morgan fingerprint density at radius 2 is 2.46 bits per heavy atom. The molecule has 0 saturated heterocycles. The van der Waals surface area contributed by atoms with E-state index in [9.17, 15) is 0 Å². The average molecular weight is 172 g/mol. The van der Waals surface area contributed by atoms with Gasteiger partial charge in [0, 0.05) is 36.8 Å². The number of hydrogen-bond donors (Lipinski definition) is 2. The van der Waals surface area contributed by atoms with Crippen molar-refractivity contribution in [3.8, 4) is 0 Å². The van der Waals surface area contributed by atoms with Crippen LogP contribution in [0.1, 0.15) is 11.3 Å². The Morgan fingerprint density at radius 3 is 3.46 bits per heavy atom. The molecule has 1 aliphatic heterocycles. The zero-order valence-electron chi connectivity index (χ0n) is 7.22. The van der Waals surface area contributed by atoms with Gasteiger partial charge in [0.1, 0.15) is 6.20 Å². The Bertz CT molecular complexity index is 444. The van der Waals surface area contributed by atoms with Gasteiger partial charge in [0.25, 0.3) is 0 Å². The summed E-state index contributed by atoms with van der Waals surface area (Å²) < 4.78 is 0. The summed E-state index contributed by atoms with van der Waals surface area (Å²) in [7, 11) is 0. The standard InChI is InChI=1S/C10H10N3/c1-3-12-6-10-7(1)8-5-11-4-2-9(8)13-10/h1,3,11,13H,2,4-5H2. The third-order valence-corrected chi connectivity index (χ3v) is 2.58. The molecule has 1 radical (unpaired) electrons. The zero-order chi connectivity index (χ0) is 8.67. The number of H-pyrrole nitrogens is 1. The summed E-state index contributed by atoms with van der Waals surface area (Å²) in [6.45, 7) is 2.03. The summed E-state index contributed by atoms with van der Waals surface area (Å²) in [5.41, 5.74) is 3.77. The number of aromatic nitrogens is 2. The maximum atomic E-state index is 3.98. The fourth-order valence-corrected chi connectivity index (χ4v) is 1.93. The van der Waals surface area contributed by atoms with E-state index in [2.05, 4.69) is 21.5 Å². The van der Waals surface area contributed by atoms with E-state index in [1.165, 1.54) is 16.6 Å². The van der Waals surface area contributed by atoms with E-state index < -0.39 is 0 Å². The number of fused-ring (bicyclic) bond motifs is 3. The molecule has 2 N–H and O–H groups in total. The molecule has 0 amide bonds. The first-order valence-corrected chi connectivity index (χ1v) is 4.52. The highest BCUT2D eigenvalue weighted by molar-refractivity contribution is 5.83. The molecule has 13 heavy (non-hydrogen) atoms.